The summed E-state index contributed by atoms with van der Waals surface area (Å²) in [5.41, 5.74) is 1.11. The first kappa shape index (κ1) is 18.9. The summed E-state index contributed by atoms with van der Waals surface area (Å²) in [5.74, 6) is 9.56. The van der Waals surface area contributed by atoms with Crippen LogP contribution in [0.25, 0.3) is 0 Å². The van der Waals surface area contributed by atoms with E-state index in [0.717, 1.165) is 38.8 Å². The van der Waals surface area contributed by atoms with Gasteiger partial charge < -0.3 is 10.6 Å². The lowest BCUT2D eigenvalue weighted by molar-refractivity contribution is 0.414. The van der Waals surface area contributed by atoms with Crippen molar-refractivity contribution in [2.24, 2.45) is 0 Å². The third-order valence-electron chi connectivity index (χ3n) is 3.65. The molecule has 26 heavy (non-hydrogen) atoms. The van der Waals surface area contributed by atoms with Crippen LogP contribution in [-0.4, -0.2) is 33.5 Å². The van der Waals surface area contributed by atoms with Gasteiger partial charge in [-0.25, -0.2) is 4.68 Å². The summed E-state index contributed by atoms with van der Waals surface area (Å²) in [6.45, 7) is 0. The molecular weight excluding hydrogens is 388 g/mol. The van der Waals surface area contributed by atoms with E-state index in [4.69, 9.17) is 22.2 Å². The lowest BCUT2D eigenvalue weighted by Gasteiger charge is -2.05. The van der Waals surface area contributed by atoms with Crippen LogP contribution in [0, 0.1) is 0 Å². The van der Waals surface area contributed by atoms with E-state index in [1.165, 1.54) is 4.90 Å². The van der Waals surface area contributed by atoms with E-state index in [0.29, 0.717) is 6.42 Å². The Morgan fingerprint density at radius 2 is 1.69 bits per heavy atom. The van der Waals surface area contributed by atoms with E-state index >= 15 is 0 Å². The lowest BCUT2D eigenvalue weighted by atomic mass is 10.1. The first-order valence-corrected chi connectivity index (χ1v) is 10.3. The van der Waals surface area contributed by atoms with Crippen molar-refractivity contribution in [1.82, 2.24) is 14.9 Å². The maximum absolute atomic E-state index is 6.14. The Morgan fingerprint density at radius 1 is 1.00 bits per heavy atom. The van der Waals surface area contributed by atoms with E-state index in [-0.39, 0.29) is 0 Å². The Morgan fingerprint density at radius 3 is 2.38 bits per heavy atom. The van der Waals surface area contributed by atoms with Crippen molar-refractivity contribution < 1.29 is 4.74 Å². The molecule has 0 bridgehead atoms. The number of benzene rings is 2. The number of nitrogens with two attached hydrogens (primary N) is 1. The van der Waals surface area contributed by atoms with Crippen molar-refractivity contribution in [3.8, 4) is 5.75 Å². The van der Waals surface area contributed by atoms with Gasteiger partial charge in [-0.15, -0.1) is 22.0 Å². The zero-order valence-electron chi connectivity index (χ0n) is 14.3. The number of halogens is 1. The third kappa shape index (κ3) is 5.09. The number of methoxy groups -OCH3 is 1. The molecule has 0 unspecified atom stereocenters. The van der Waals surface area contributed by atoms with Crippen LogP contribution < -0.4 is 10.6 Å². The van der Waals surface area contributed by atoms with Gasteiger partial charge in [0.1, 0.15) is 5.75 Å². The van der Waals surface area contributed by atoms with Gasteiger partial charge in [-0.1, -0.05) is 35.5 Å². The number of ether oxygens (including phenoxy) is 1. The normalized spacial score (nSPS) is 10.8. The molecule has 0 saturated carbocycles. The van der Waals surface area contributed by atoms with Gasteiger partial charge in [0, 0.05) is 27.8 Å². The van der Waals surface area contributed by atoms with Gasteiger partial charge in [0.15, 0.2) is 5.82 Å². The van der Waals surface area contributed by atoms with E-state index in [9.17, 15) is 0 Å². The molecule has 0 spiro atoms. The van der Waals surface area contributed by atoms with Gasteiger partial charge in [-0.3, -0.25) is 0 Å². The summed E-state index contributed by atoms with van der Waals surface area (Å²) >= 11 is 9.28. The molecule has 3 aromatic rings. The number of nitrogen functional groups attached to an aromatic ring is 1. The molecule has 3 rings (SSSR count). The molecule has 136 valence electrons. The summed E-state index contributed by atoms with van der Waals surface area (Å²) in [6, 6.07) is 15.7. The third-order valence-corrected chi connectivity index (χ3v) is 6.12. The molecule has 1 heterocycles. The van der Waals surface area contributed by atoms with Crippen molar-refractivity contribution in [1.29, 1.82) is 0 Å². The van der Waals surface area contributed by atoms with Gasteiger partial charge in [0.25, 0.3) is 0 Å². The second kappa shape index (κ2) is 9.21. The van der Waals surface area contributed by atoms with Crippen LogP contribution in [0.4, 0.5) is 0 Å². The number of hydrogen-bond donors (Lipinski definition) is 1. The first-order valence-electron chi connectivity index (χ1n) is 7.99. The van der Waals surface area contributed by atoms with Gasteiger partial charge in [-0.2, -0.15) is 0 Å². The standard InChI is InChI=1S/C18H19ClN4OS2/c1-24-15-6-2-13(3-7-15)12-17-21-22-18(23(17)20)26-11-10-25-16-8-4-14(19)5-9-16/h2-9H,10-12,20H2,1H3. The van der Waals surface area contributed by atoms with Crippen molar-refractivity contribution in [2.75, 3.05) is 24.5 Å². The number of nitrogens with zero attached hydrogens (tertiary/aromatic N) is 3. The smallest absolute Gasteiger partial charge is 0.209 e. The van der Waals surface area contributed by atoms with Crippen LogP contribution in [0.2, 0.25) is 5.02 Å². The predicted octanol–water partition coefficient (Wildman–Crippen LogP) is 4.13. The second-order valence-electron chi connectivity index (χ2n) is 5.44. The van der Waals surface area contributed by atoms with Crippen molar-refractivity contribution >= 4 is 35.1 Å². The molecule has 5 nitrogen and oxygen atoms in total. The van der Waals surface area contributed by atoms with Crippen LogP contribution >= 0.6 is 35.1 Å². The minimum Gasteiger partial charge on any atom is -0.497 e. The summed E-state index contributed by atoms with van der Waals surface area (Å²) in [6.07, 6.45) is 0.633. The second-order valence-corrected chi connectivity index (χ2v) is 8.11. The fourth-order valence-corrected chi connectivity index (χ4v) is 4.16. The molecule has 0 amide bonds. The molecule has 0 aliphatic heterocycles. The highest BCUT2D eigenvalue weighted by molar-refractivity contribution is 8.02. The van der Waals surface area contributed by atoms with Crippen LogP contribution in [0.1, 0.15) is 11.4 Å². The Hall–Kier alpha value is -1.83. The van der Waals surface area contributed by atoms with Crippen molar-refractivity contribution in [3.05, 3.63) is 64.9 Å². The largest absolute Gasteiger partial charge is 0.497 e. The molecular formula is C18H19ClN4OS2. The monoisotopic (exact) mass is 406 g/mol. The van der Waals surface area contributed by atoms with Crippen LogP contribution in [-0.2, 0) is 6.42 Å². The minimum absolute atomic E-state index is 0.633. The number of rotatable bonds is 8. The summed E-state index contributed by atoms with van der Waals surface area (Å²) in [5, 5.41) is 9.90. The molecule has 0 atom stereocenters. The quantitative estimate of drug-likeness (QED) is 0.344. The predicted molar refractivity (Wildman–Crippen MR) is 109 cm³/mol. The number of thioether (sulfide) groups is 2. The van der Waals surface area contributed by atoms with Gasteiger partial charge in [-0.05, 0) is 42.0 Å². The fourth-order valence-electron chi connectivity index (χ4n) is 2.28. The summed E-state index contributed by atoms with van der Waals surface area (Å²) in [7, 11) is 1.65. The zero-order chi connectivity index (χ0) is 18.4. The number of aromatic nitrogens is 3. The molecule has 1 aromatic heterocycles. The SMILES string of the molecule is COc1ccc(Cc2nnc(SCCSc3ccc(Cl)cc3)n2N)cc1. The maximum Gasteiger partial charge on any atom is 0.209 e. The maximum atomic E-state index is 6.14. The highest BCUT2D eigenvalue weighted by atomic mass is 35.5. The Labute approximate surface area is 166 Å². The molecule has 0 fully saturated rings. The molecule has 8 heteroatoms. The van der Waals surface area contributed by atoms with Crippen LogP contribution in [0.5, 0.6) is 5.75 Å². The van der Waals surface area contributed by atoms with E-state index in [1.54, 1.807) is 35.3 Å². The minimum atomic E-state index is 0.633. The number of hydrogen-bond acceptors (Lipinski definition) is 6. The summed E-state index contributed by atoms with van der Waals surface area (Å²) < 4.78 is 6.74. The van der Waals surface area contributed by atoms with Gasteiger partial charge in [0.05, 0.1) is 7.11 Å². The molecule has 2 aromatic carbocycles. The molecule has 0 aliphatic rings. The highest BCUT2D eigenvalue weighted by Crippen LogP contribution is 2.23. The van der Waals surface area contributed by atoms with Gasteiger partial charge in [0.2, 0.25) is 5.16 Å². The Kier molecular flexibility index (Phi) is 6.71. The fraction of sp³-hybridized carbons (Fsp3) is 0.222. The topological polar surface area (TPSA) is 66.0 Å². The van der Waals surface area contributed by atoms with Crippen molar-refractivity contribution in [2.45, 2.75) is 16.5 Å². The van der Waals surface area contributed by atoms with Crippen molar-refractivity contribution in [3.63, 3.8) is 0 Å². The Bertz CT molecular complexity index is 837. The average Bonchev–Trinajstić information content (AvgIpc) is 3.01. The Balaban J connectivity index is 1.50. The highest BCUT2D eigenvalue weighted by Gasteiger charge is 2.11. The van der Waals surface area contributed by atoms with E-state index in [1.807, 2.05) is 48.5 Å². The average molecular weight is 407 g/mol. The zero-order valence-corrected chi connectivity index (χ0v) is 16.7. The molecule has 0 aliphatic carbocycles. The van der Waals surface area contributed by atoms with Crippen LogP contribution in [0.15, 0.2) is 58.6 Å². The first-order chi connectivity index (χ1) is 12.7. The van der Waals surface area contributed by atoms with E-state index < -0.39 is 0 Å². The molecule has 0 radical (unpaired) electrons. The molecule has 0 saturated heterocycles. The van der Waals surface area contributed by atoms with E-state index in [2.05, 4.69) is 10.2 Å². The van der Waals surface area contributed by atoms with Crippen LogP contribution in [0.3, 0.4) is 0 Å². The summed E-state index contributed by atoms with van der Waals surface area (Å²) in [4.78, 5) is 1.20. The lowest BCUT2D eigenvalue weighted by Crippen LogP contribution is -2.14. The van der Waals surface area contributed by atoms with Gasteiger partial charge >= 0.3 is 0 Å². The molecule has 2 N–H and O–H groups in total.